The summed E-state index contributed by atoms with van der Waals surface area (Å²) in [6.45, 7) is 1.88. The lowest BCUT2D eigenvalue weighted by Gasteiger charge is -2.09. The summed E-state index contributed by atoms with van der Waals surface area (Å²) in [6, 6.07) is 8.81. The van der Waals surface area contributed by atoms with Gasteiger partial charge in [-0.05, 0) is 46.6 Å². The normalized spacial score (nSPS) is 10.1. The first-order valence-electron chi connectivity index (χ1n) is 5.36. The lowest BCUT2D eigenvalue weighted by Crippen LogP contribution is -2.15. The molecule has 18 heavy (non-hydrogen) atoms. The van der Waals surface area contributed by atoms with Crippen LogP contribution in [0.4, 0.5) is 11.5 Å². The zero-order valence-corrected chi connectivity index (χ0v) is 11.4. The van der Waals surface area contributed by atoms with E-state index in [0.29, 0.717) is 17.1 Å². The monoisotopic (exact) mass is 305 g/mol. The van der Waals surface area contributed by atoms with Crippen molar-refractivity contribution in [3.8, 4) is 0 Å². The fourth-order valence-electron chi connectivity index (χ4n) is 1.55. The minimum absolute atomic E-state index is 0.258. The highest BCUT2D eigenvalue weighted by atomic mass is 79.9. The molecule has 5 heteroatoms. The van der Waals surface area contributed by atoms with E-state index in [4.69, 9.17) is 5.73 Å². The fourth-order valence-corrected chi connectivity index (χ4v) is 2.00. The Kier molecular flexibility index (Phi) is 3.62. The van der Waals surface area contributed by atoms with Crippen molar-refractivity contribution < 1.29 is 4.79 Å². The van der Waals surface area contributed by atoms with Crippen molar-refractivity contribution in [1.82, 2.24) is 4.98 Å². The lowest BCUT2D eigenvalue weighted by atomic mass is 10.1. The summed E-state index contributed by atoms with van der Waals surface area (Å²) in [6.07, 6.45) is 1.64. The molecule has 0 radical (unpaired) electrons. The molecule has 1 heterocycles. The molecule has 0 unspecified atom stereocenters. The average Bonchev–Trinajstić information content (AvgIpc) is 2.33. The Morgan fingerprint density at radius 3 is 2.78 bits per heavy atom. The lowest BCUT2D eigenvalue weighted by molar-refractivity contribution is 0.102. The number of nitrogens with two attached hydrogens (primary N) is 1. The molecule has 0 bridgehead atoms. The van der Waals surface area contributed by atoms with Crippen LogP contribution in [-0.2, 0) is 0 Å². The summed E-state index contributed by atoms with van der Waals surface area (Å²) in [5, 5.41) is 2.74. The van der Waals surface area contributed by atoms with Crippen LogP contribution in [0, 0.1) is 6.92 Å². The Morgan fingerprint density at radius 2 is 2.11 bits per heavy atom. The largest absolute Gasteiger partial charge is 0.398 e. The van der Waals surface area contributed by atoms with Gasteiger partial charge < -0.3 is 11.1 Å². The standard InChI is InChI=1S/C13H12BrN3O/c1-8-6-9(14)7-16-12(8)17-13(18)10-4-2-3-5-11(10)15/h2-7H,15H2,1H3,(H,16,17,18). The highest BCUT2D eigenvalue weighted by Crippen LogP contribution is 2.18. The van der Waals surface area contributed by atoms with Crippen LogP contribution in [0.2, 0.25) is 0 Å². The number of halogens is 1. The van der Waals surface area contributed by atoms with Crippen molar-refractivity contribution in [3.63, 3.8) is 0 Å². The van der Waals surface area contributed by atoms with Crippen LogP contribution in [0.15, 0.2) is 41.0 Å². The summed E-state index contributed by atoms with van der Waals surface area (Å²) < 4.78 is 0.872. The third-order valence-electron chi connectivity index (χ3n) is 2.48. The van der Waals surface area contributed by atoms with Gasteiger partial charge in [-0.3, -0.25) is 4.79 Å². The number of anilines is 2. The van der Waals surface area contributed by atoms with E-state index in [1.807, 2.05) is 13.0 Å². The molecule has 0 aliphatic heterocycles. The van der Waals surface area contributed by atoms with Crippen molar-refractivity contribution in [2.45, 2.75) is 6.92 Å². The number of aryl methyl sites for hydroxylation is 1. The SMILES string of the molecule is Cc1cc(Br)cnc1NC(=O)c1ccccc1N. The number of aromatic nitrogens is 1. The third-order valence-corrected chi connectivity index (χ3v) is 2.92. The maximum absolute atomic E-state index is 12.0. The smallest absolute Gasteiger partial charge is 0.258 e. The molecule has 2 aromatic rings. The predicted molar refractivity (Wildman–Crippen MR) is 75.5 cm³/mol. The van der Waals surface area contributed by atoms with Crippen LogP contribution in [0.5, 0.6) is 0 Å². The molecular weight excluding hydrogens is 294 g/mol. The number of pyridine rings is 1. The van der Waals surface area contributed by atoms with Crippen molar-refractivity contribution in [2.75, 3.05) is 11.1 Å². The molecule has 0 saturated carbocycles. The zero-order chi connectivity index (χ0) is 13.1. The van der Waals surface area contributed by atoms with Crippen LogP contribution >= 0.6 is 15.9 Å². The zero-order valence-electron chi connectivity index (χ0n) is 9.77. The first kappa shape index (κ1) is 12.6. The Morgan fingerprint density at radius 1 is 1.39 bits per heavy atom. The maximum atomic E-state index is 12.0. The van der Waals surface area contributed by atoms with Gasteiger partial charge in [0.25, 0.3) is 5.91 Å². The van der Waals surface area contributed by atoms with Gasteiger partial charge in [0.15, 0.2) is 0 Å². The molecule has 0 aliphatic carbocycles. The number of carbonyl (C=O) groups is 1. The first-order valence-corrected chi connectivity index (χ1v) is 6.15. The molecule has 0 fully saturated rings. The Balaban J connectivity index is 2.24. The van der Waals surface area contributed by atoms with Crippen molar-refractivity contribution >= 4 is 33.3 Å². The number of nitrogens with zero attached hydrogens (tertiary/aromatic N) is 1. The summed E-state index contributed by atoms with van der Waals surface area (Å²) in [5.74, 6) is 0.275. The number of para-hydroxylation sites is 1. The molecule has 3 N–H and O–H groups in total. The second-order valence-electron chi connectivity index (χ2n) is 3.86. The van der Waals surface area contributed by atoms with Gasteiger partial charge in [0.1, 0.15) is 5.82 Å². The van der Waals surface area contributed by atoms with E-state index in [1.54, 1.807) is 30.5 Å². The number of nitrogens with one attached hydrogen (secondary N) is 1. The van der Waals surface area contributed by atoms with E-state index in [2.05, 4.69) is 26.2 Å². The number of hydrogen-bond donors (Lipinski definition) is 2. The van der Waals surface area contributed by atoms with Crippen molar-refractivity contribution in [1.29, 1.82) is 0 Å². The average molecular weight is 306 g/mol. The fraction of sp³-hybridized carbons (Fsp3) is 0.0769. The van der Waals surface area contributed by atoms with E-state index >= 15 is 0 Å². The van der Waals surface area contributed by atoms with E-state index in [1.165, 1.54) is 0 Å². The number of benzene rings is 1. The number of amides is 1. The van der Waals surface area contributed by atoms with Gasteiger partial charge in [-0.2, -0.15) is 0 Å². The summed E-state index contributed by atoms with van der Waals surface area (Å²) in [5.41, 5.74) is 7.53. The summed E-state index contributed by atoms with van der Waals surface area (Å²) >= 11 is 3.32. The number of nitrogen functional groups attached to an aromatic ring is 1. The number of hydrogen-bond acceptors (Lipinski definition) is 3. The van der Waals surface area contributed by atoms with Gasteiger partial charge >= 0.3 is 0 Å². The highest BCUT2D eigenvalue weighted by molar-refractivity contribution is 9.10. The second-order valence-corrected chi connectivity index (χ2v) is 4.78. The number of rotatable bonds is 2. The van der Waals surface area contributed by atoms with E-state index < -0.39 is 0 Å². The van der Waals surface area contributed by atoms with E-state index in [0.717, 1.165) is 10.0 Å². The molecule has 0 aliphatic rings. The van der Waals surface area contributed by atoms with Crippen LogP contribution in [0.1, 0.15) is 15.9 Å². The Hall–Kier alpha value is -1.88. The van der Waals surface area contributed by atoms with Gasteiger partial charge in [0.05, 0.1) is 5.56 Å². The third kappa shape index (κ3) is 2.68. The maximum Gasteiger partial charge on any atom is 0.258 e. The number of carbonyl (C=O) groups excluding carboxylic acids is 1. The highest BCUT2D eigenvalue weighted by Gasteiger charge is 2.11. The van der Waals surface area contributed by atoms with Gasteiger partial charge in [0, 0.05) is 16.4 Å². The minimum atomic E-state index is -0.258. The van der Waals surface area contributed by atoms with Crippen molar-refractivity contribution in [2.24, 2.45) is 0 Å². The Labute approximate surface area is 113 Å². The van der Waals surface area contributed by atoms with Gasteiger partial charge in [0.2, 0.25) is 0 Å². The second kappa shape index (κ2) is 5.18. The molecule has 0 saturated heterocycles. The molecule has 4 nitrogen and oxygen atoms in total. The minimum Gasteiger partial charge on any atom is -0.398 e. The van der Waals surface area contributed by atoms with Gasteiger partial charge in [-0.1, -0.05) is 12.1 Å². The molecule has 0 atom stereocenters. The first-order chi connectivity index (χ1) is 8.58. The van der Waals surface area contributed by atoms with Gasteiger partial charge in [-0.25, -0.2) is 4.98 Å². The summed E-state index contributed by atoms with van der Waals surface area (Å²) in [7, 11) is 0. The molecule has 2 rings (SSSR count). The topological polar surface area (TPSA) is 68.0 Å². The summed E-state index contributed by atoms with van der Waals surface area (Å²) in [4.78, 5) is 16.2. The van der Waals surface area contributed by atoms with Crippen LogP contribution < -0.4 is 11.1 Å². The predicted octanol–water partition coefficient (Wildman–Crippen LogP) is 2.99. The molecule has 1 aromatic carbocycles. The van der Waals surface area contributed by atoms with Crippen LogP contribution in [0.25, 0.3) is 0 Å². The Bertz CT molecular complexity index is 599. The molecule has 1 amide bonds. The molecule has 0 spiro atoms. The molecule has 1 aromatic heterocycles. The van der Waals surface area contributed by atoms with Crippen LogP contribution in [0.3, 0.4) is 0 Å². The molecule has 92 valence electrons. The molecular formula is C13H12BrN3O. The van der Waals surface area contributed by atoms with E-state index in [9.17, 15) is 4.79 Å². The van der Waals surface area contributed by atoms with Gasteiger partial charge in [-0.15, -0.1) is 0 Å². The van der Waals surface area contributed by atoms with E-state index in [-0.39, 0.29) is 5.91 Å². The van der Waals surface area contributed by atoms with Crippen molar-refractivity contribution in [3.05, 3.63) is 52.1 Å². The van der Waals surface area contributed by atoms with Crippen LogP contribution in [-0.4, -0.2) is 10.9 Å². The quantitative estimate of drug-likeness (QED) is 0.838.